The number of furan rings is 1. The van der Waals surface area contributed by atoms with Gasteiger partial charge in [0.2, 0.25) is 0 Å². The van der Waals surface area contributed by atoms with Gasteiger partial charge in [0.1, 0.15) is 5.58 Å². The Balaban J connectivity index is 0.000000207. The van der Waals surface area contributed by atoms with Crippen molar-refractivity contribution in [2.75, 3.05) is 0 Å². The number of hydrogen-bond acceptors (Lipinski definition) is 3. The summed E-state index contributed by atoms with van der Waals surface area (Å²) in [6.45, 7) is -1.73. The Bertz CT molecular complexity index is 2370. The molecule has 3 nitrogen and oxygen atoms in total. The minimum Gasteiger partial charge on any atom is -0.500 e. The van der Waals surface area contributed by atoms with Gasteiger partial charge >= 0.3 is 0 Å². The van der Waals surface area contributed by atoms with Crippen molar-refractivity contribution in [2.24, 2.45) is 5.41 Å². The van der Waals surface area contributed by atoms with Gasteiger partial charge in [0.15, 0.2) is 0 Å². The number of nitrogens with zero attached hydrogens (tertiary/aromatic N) is 2. The molecule has 0 saturated heterocycles. The second kappa shape index (κ2) is 11.8. The molecule has 0 fully saturated rings. The summed E-state index contributed by atoms with van der Waals surface area (Å²) in [5.74, 6) is 0. The van der Waals surface area contributed by atoms with Crippen molar-refractivity contribution in [2.45, 2.75) is 47.7 Å². The van der Waals surface area contributed by atoms with E-state index in [2.05, 4.69) is 22.1 Å². The van der Waals surface area contributed by atoms with Gasteiger partial charge in [-0.15, -0.1) is 53.1 Å². The molecule has 42 heavy (non-hydrogen) atoms. The molecule has 4 heteroatoms. The van der Waals surface area contributed by atoms with Gasteiger partial charge in [-0.3, -0.25) is 0 Å². The van der Waals surface area contributed by atoms with Gasteiger partial charge in [-0.25, -0.2) is 0 Å². The van der Waals surface area contributed by atoms with Crippen LogP contribution in [0.4, 0.5) is 0 Å². The van der Waals surface area contributed by atoms with Crippen LogP contribution in [0.5, 0.6) is 0 Å². The fourth-order valence-electron chi connectivity index (χ4n) is 4.83. The molecule has 0 unspecified atom stereocenters. The first kappa shape index (κ1) is 18.6. The van der Waals surface area contributed by atoms with Crippen molar-refractivity contribution in [3.63, 3.8) is 0 Å². The van der Waals surface area contributed by atoms with E-state index in [1.165, 1.54) is 18.3 Å². The van der Waals surface area contributed by atoms with E-state index in [4.69, 9.17) is 19.5 Å². The quantitative estimate of drug-likeness (QED) is 0.134. The third kappa shape index (κ3) is 6.02. The maximum Gasteiger partial charge on any atom is 0.121 e. The number of rotatable bonds is 3. The second-order valence-corrected chi connectivity index (χ2v) is 10.9. The van der Waals surface area contributed by atoms with E-state index in [0.717, 1.165) is 33.3 Å². The number of pyridine rings is 2. The Hall–Kier alpha value is -3.85. The van der Waals surface area contributed by atoms with Crippen LogP contribution >= 0.6 is 0 Å². The minimum absolute atomic E-state index is 0. The molecular formula is C38H34IrN2O-2. The van der Waals surface area contributed by atoms with Gasteiger partial charge in [0.05, 0.1) is 5.58 Å². The maximum absolute atomic E-state index is 8.25. The average molecular weight is 738 g/mol. The third-order valence-corrected chi connectivity index (χ3v) is 6.62. The normalized spacial score (nSPS) is 16.6. The monoisotopic (exact) mass is 738 g/mol. The van der Waals surface area contributed by atoms with Crippen molar-refractivity contribution in [1.82, 2.24) is 9.97 Å². The van der Waals surface area contributed by atoms with E-state index in [1.54, 1.807) is 30.3 Å². The van der Waals surface area contributed by atoms with Crippen LogP contribution in [0.3, 0.4) is 0 Å². The molecule has 0 N–H and O–H groups in total. The van der Waals surface area contributed by atoms with Crippen LogP contribution in [0.1, 0.15) is 58.1 Å². The molecule has 0 amide bonds. The predicted molar refractivity (Wildman–Crippen MR) is 170 cm³/mol. The molecular weight excluding hydrogens is 693 g/mol. The zero-order chi connectivity index (χ0) is 38.0. The molecule has 7 rings (SSSR count). The second-order valence-electron chi connectivity index (χ2n) is 10.9. The molecule has 3 heterocycles. The van der Waals surface area contributed by atoms with Gasteiger partial charge in [0.25, 0.3) is 0 Å². The third-order valence-electron chi connectivity index (χ3n) is 6.62. The molecule has 0 spiro atoms. The SMILES string of the molecule is [2H]C([2H])([2H])c1c[c-]c(-c2ccc(C([2H])([2H])C(C)(C)C)cn2)cc1.[2H]C([2H])([2H])c1cnc(-c2[c-]cc3oc4cccc5ccc2c3c54)cc1C([2H])([2H])[2H].[Ir]. The predicted octanol–water partition coefficient (Wildman–Crippen LogP) is 10.1. The summed E-state index contributed by atoms with van der Waals surface area (Å²) in [5.41, 5.74) is 3.47. The summed E-state index contributed by atoms with van der Waals surface area (Å²) in [5, 5.41) is 3.78. The number of aromatic nitrogens is 2. The van der Waals surface area contributed by atoms with Gasteiger partial charge < -0.3 is 14.4 Å². The Morgan fingerprint density at radius 3 is 2.38 bits per heavy atom. The van der Waals surface area contributed by atoms with E-state index >= 15 is 0 Å². The van der Waals surface area contributed by atoms with Crippen molar-refractivity contribution in [1.29, 1.82) is 0 Å². The van der Waals surface area contributed by atoms with Gasteiger partial charge in [-0.05, 0) is 64.8 Å². The zero-order valence-corrected chi connectivity index (χ0v) is 25.6. The number of aryl methyl sites for hydroxylation is 3. The summed E-state index contributed by atoms with van der Waals surface area (Å²) in [4.78, 5) is 8.59. The smallest absolute Gasteiger partial charge is 0.121 e. The van der Waals surface area contributed by atoms with Crippen molar-refractivity contribution in [3.05, 3.63) is 120 Å². The Labute approximate surface area is 277 Å². The average Bonchev–Trinajstić information content (AvgIpc) is 3.46. The molecule has 0 aliphatic carbocycles. The number of benzene rings is 4. The zero-order valence-electron chi connectivity index (χ0n) is 34.2. The van der Waals surface area contributed by atoms with Crippen LogP contribution in [0.25, 0.3) is 55.2 Å². The summed E-state index contributed by atoms with van der Waals surface area (Å²) >= 11 is 0. The van der Waals surface area contributed by atoms with E-state index in [0.29, 0.717) is 33.7 Å². The van der Waals surface area contributed by atoms with Gasteiger partial charge in [-0.1, -0.05) is 81.0 Å². The van der Waals surface area contributed by atoms with E-state index in [-0.39, 0.29) is 36.8 Å². The molecule has 213 valence electrons. The number of hydrogen-bond donors (Lipinski definition) is 0. The fraction of sp³-hybridized carbons (Fsp3) is 0.211. The topological polar surface area (TPSA) is 38.9 Å². The van der Waals surface area contributed by atoms with Crippen LogP contribution < -0.4 is 0 Å². The molecule has 3 aromatic heterocycles. The molecule has 0 saturated carbocycles. The summed E-state index contributed by atoms with van der Waals surface area (Å²) in [6, 6.07) is 27.0. The van der Waals surface area contributed by atoms with Crippen LogP contribution in [0.2, 0.25) is 0 Å². The van der Waals surface area contributed by atoms with E-state index in [9.17, 15) is 0 Å². The van der Waals surface area contributed by atoms with Crippen molar-refractivity contribution >= 4 is 32.7 Å². The maximum atomic E-state index is 8.25. The largest absolute Gasteiger partial charge is 0.500 e. The first-order chi connectivity index (χ1) is 24.1. The molecule has 0 bridgehead atoms. The first-order valence-corrected chi connectivity index (χ1v) is 13.2. The Morgan fingerprint density at radius 1 is 0.810 bits per heavy atom. The molecule has 0 aliphatic rings. The van der Waals surface area contributed by atoms with Crippen molar-refractivity contribution < 1.29 is 39.6 Å². The standard InChI is InChI=1S/C21H14NO.C17H20N.Ir/c1-12-10-17(22-11-13(12)2)15-8-9-19-21-16(15)7-6-14-4-3-5-18(23-19)20(14)21;1-13-5-8-15(9-6-13)16-10-7-14(12-18-16)11-17(2,3)4;/h3-7,9-11H,1-2H3;5-8,10,12H,11H2,1-4H3;/q2*-1;/i1D3,2D3;1D3,11D2;. The molecule has 0 atom stereocenters. The minimum atomic E-state index is -2.58. The Morgan fingerprint density at radius 2 is 1.67 bits per heavy atom. The van der Waals surface area contributed by atoms with Gasteiger partial charge in [0, 0.05) is 53.0 Å². The van der Waals surface area contributed by atoms with E-state index < -0.39 is 32.3 Å². The summed E-state index contributed by atoms with van der Waals surface area (Å²) in [7, 11) is 0. The molecule has 4 aromatic carbocycles. The molecule has 1 radical (unpaired) electrons. The summed E-state index contributed by atoms with van der Waals surface area (Å²) < 4.78 is 90.8. The first-order valence-electron chi connectivity index (χ1n) is 18.7. The van der Waals surface area contributed by atoms with Crippen LogP contribution in [-0.2, 0) is 26.5 Å². The molecule has 7 aromatic rings. The van der Waals surface area contributed by atoms with Gasteiger partial charge in [-0.2, -0.15) is 0 Å². The molecule has 0 aliphatic heterocycles. The Kier molecular flexibility index (Phi) is 5.23. The summed E-state index contributed by atoms with van der Waals surface area (Å²) in [6.07, 6.45) is 1.18. The van der Waals surface area contributed by atoms with Crippen molar-refractivity contribution in [3.8, 4) is 22.5 Å². The van der Waals surface area contributed by atoms with E-state index in [1.807, 2.05) is 51.1 Å². The fourth-order valence-corrected chi connectivity index (χ4v) is 4.83. The van der Waals surface area contributed by atoms with Crippen LogP contribution in [0.15, 0.2) is 89.6 Å². The van der Waals surface area contributed by atoms with Crippen LogP contribution in [-0.4, -0.2) is 9.97 Å². The van der Waals surface area contributed by atoms with Crippen LogP contribution in [0, 0.1) is 38.1 Å².